The van der Waals surface area contributed by atoms with Gasteiger partial charge < -0.3 is 0 Å². The van der Waals surface area contributed by atoms with Crippen LogP contribution in [0.2, 0.25) is 0 Å². The molecule has 3 aromatic carbocycles. The molecule has 0 amide bonds. The zero-order valence-electron chi connectivity index (χ0n) is 25.7. The monoisotopic (exact) mass is 553 g/mol. The van der Waals surface area contributed by atoms with Gasteiger partial charge in [0.15, 0.2) is 0 Å². The summed E-state index contributed by atoms with van der Waals surface area (Å²) in [6.07, 6.45) is 22.0. The van der Waals surface area contributed by atoms with E-state index in [1.807, 2.05) is 0 Å². The van der Waals surface area contributed by atoms with Crippen molar-refractivity contribution in [2.75, 3.05) is 0 Å². The van der Waals surface area contributed by atoms with Crippen molar-refractivity contribution in [1.29, 1.82) is 0 Å². The summed E-state index contributed by atoms with van der Waals surface area (Å²) >= 11 is 0. The van der Waals surface area contributed by atoms with Crippen LogP contribution >= 0.6 is 0 Å². The molecule has 3 aliphatic carbocycles. The third-order valence-corrected chi connectivity index (χ3v) is 10.2. The number of rotatable bonds is 7. The van der Waals surface area contributed by atoms with Gasteiger partial charge in [0.2, 0.25) is 0 Å². The van der Waals surface area contributed by atoms with E-state index in [0.29, 0.717) is 11.8 Å². The van der Waals surface area contributed by atoms with Crippen molar-refractivity contribution < 1.29 is 4.57 Å². The zero-order valence-corrected chi connectivity index (χ0v) is 25.7. The van der Waals surface area contributed by atoms with Gasteiger partial charge >= 0.3 is 0 Å². The zero-order chi connectivity index (χ0) is 28.6. The molecular weight excluding hydrogens is 508 g/mol. The van der Waals surface area contributed by atoms with E-state index in [9.17, 15) is 0 Å². The second-order valence-corrected chi connectivity index (χ2v) is 13.0. The van der Waals surface area contributed by atoms with Gasteiger partial charge in [0, 0.05) is 11.1 Å². The van der Waals surface area contributed by atoms with Crippen LogP contribution in [0.15, 0.2) is 90.8 Å². The quantitative estimate of drug-likeness (QED) is 0.201. The van der Waals surface area contributed by atoms with Crippen molar-refractivity contribution in [1.82, 2.24) is 4.57 Å². The van der Waals surface area contributed by atoms with Crippen molar-refractivity contribution in [3.8, 4) is 28.2 Å². The van der Waals surface area contributed by atoms with Crippen LogP contribution in [0.3, 0.4) is 0 Å². The van der Waals surface area contributed by atoms with E-state index in [-0.39, 0.29) is 0 Å². The van der Waals surface area contributed by atoms with Crippen molar-refractivity contribution in [2.24, 2.45) is 7.05 Å². The minimum atomic E-state index is 0.626. The molecule has 2 saturated carbocycles. The van der Waals surface area contributed by atoms with E-state index in [1.54, 1.807) is 11.1 Å². The smallest absolute Gasteiger partial charge is 0.232 e. The molecule has 4 aromatic rings. The van der Waals surface area contributed by atoms with Gasteiger partial charge in [-0.15, -0.1) is 0 Å². The van der Waals surface area contributed by atoms with Crippen LogP contribution in [0.25, 0.3) is 33.8 Å². The highest BCUT2D eigenvalue weighted by Gasteiger charge is 2.33. The van der Waals surface area contributed by atoms with Crippen molar-refractivity contribution in [2.45, 2.75) is 89.9 Å². The molecule has 0 spiro atoms. The first-order chi connectivity index (χ1) is 20.6. The largest absolute Gasteiger partial charge is 0.293 e. The molecule has 2 nitrogen and oxygen atoms in total. The molecule has 3 aliphatic rings. The second-order valence-electron chi connectivity index (χ2n) is 13.0. The third kappa shape index (κ3) is 4.89. The second kappa shape index (κ2) is 11.6. The summed E-state index contributed by atoms with van der Waals surface area (Å²) < 4.78 is 4.92. The average Bonchev–Trinajstić information content (AvgIpc) is 3.83. The average molecular weight is 554 g/mol. The van der Waals surface area contributed by atoms with Gasteiger partial charge in [0.1, 0.15) is 18.1 Å². The Hall–Kier alpha value is -3.65. The number of fused-ring (bicyclic) bond motifs is 1. The molecular formula is C40H45N2+. The Morgan fingerprint density at radius 3 is 2.12 bits per heavy atom. The van der Waals surface area contributed by atoms with Crippen molar-refractivity contribution >= 4 is 5.57 Å². The van der Waals surface area contributed by atoms with E-state index >= 15 is 0 Å². The SMILES string of the molecule is CC/C=C\C1=C(C)Cc2ccc(-c3n(-c4c(C5CCCC5)cc(-c5ccccc5)cc4C4CCCC4)cc[n+]3C)cc21. The minimum Gasteiger partial charge on any atom is -0.232 e. The Labute approximate surface area is 252 Å². The van der Waals surface area contributed by atoms with Crippen LogP contribution in [-0.2, 0) is 13.5 Å². The molecule has 1 aromatic heterocycles. The van der Waals surface area contributed by atoms with E-state index < -0.39 is 0 Å². The standard InChI is InChI=1S/C40H45N2/c1-4-5-19-35-28(2)24-32-20-21-33(25-36(32)35)40-41(3)22-23-42(40)39-37(30-15-9-10-16-30)26-34(29-13-7-6-8-14-29)27-38(39)31-17-11-12-18-31/h5-8,13-14,19-23,25-27,30-31H,4,9-12,15-18,24H2,1-3H3/q+1/b19-5-. The fraction of sp³-hybridized carbons (Fsp3) is 0.375. The predicted octanol–water partition coefficient (Wildman–Crippen LogP) is 10.2. The minimum absolute atomic E-state index is 0.626. The van der Waals surface area contributed by atoms with Crippen LogP contribution < -0.4 is 4.57 Å². The van der Waals surface area contributed by atoms with Gasteiger partial charge in [-0.2, -0.15) is 4.57 Å². The number of benzene rings is 3. The molecule has 0 saturated heterocycles. The van der Waals surface area contributed by atoms with Crippen molar-refractivity contribution in [3.05, 3.63) is 113 Å². The van der Waals surface area contributed by atoms with Gasteiger partial charge in [-0.25, -0.2) is 4.57 Å². The third-order valence-electron chi connectivity index (χ3n) is 10.2. The summed E-state index contributed by atoms with van der Waals surface area (Å²) in [5.74, 6) is 2.54. The molecule has 214 valence electrons. The number of nitrogens with zero attached hydrogens (tertiary/aromatic N) is 2. The predicted molar refractivity (Wildman–Crippen MR) is 176 cm³/mol. The summed E-state index contributed by atoms with van der Waals surface area (Å²) in [5, 5.41) is 0. The number of hydrogen-bond acceptors (Lipinski definition) is 0. The van der Waals surface area contributed by atoms with Gasteiger partial charge in [-0.3, -0.25) is 0 Å². The van der Waals surface area contributed by atoms with Gasteiger partial charge in [0.25, 0.3) is 5.82 Å². The lowest BCUT2D eigenvalue weighted by atomic mass is 9.84. The van der Waals surface area contributed by atoms with E-state index in [0.717, 1.165) is 12.8 Å². The fourth-order valence-corrected chi connectivity index (χ4v) is 8.05. The molecule has 42 heavy (non-hydrogen) atoms. The Morgan fingerprint density at radius 2 is 1.48 bits per heavy atom. The summed E-state index contributed by atoms with van der Waals surface area (Å²) in [4.78, 5) is 0. The molecule has 0 unspecified atom stereocenters. The maximum atomic E-state index is 2.57. The molecule has 2 fully saturated rings. The lowest BCUT2D eigenvalue weighted by Gasteiger charge is -2.23. The summed E-state index contributed by atoms with van der Waals surface area (Å²) in [6.45, 7) is 4.52. The number of hydrogen-bond donors (Lipinski definition) is 0. The molecule has 0 N–H and O–H groups in total. The Kier molecular flexibility index (Phi) is 7.48. The Morgan fingerprint density at radius 1 is 0.810 bits per heavy atom. The molecule has 0 atom stereocenters. The van der Waals surface area contributed by atoms with E-state index in [4.69, 9.17) is 0 Å². The maximum Gasteiger partial charge on any atom is 0.293 e. The Balaban J connectivity index is 1.44. The Bertz CT molecular complexity index is 1620. The van der Waals surface area contributed by atoms with E-state index in [2.05, 4.69) is 115 Å². The highest BCUT2D eigenvalue weighted by molar-refractivity contribution is 5.84. The first-order valence-electron chi connectivity index (χ1n) is 16.4. The molecule has 1 heterocycles. The molecule has 2 heteroatoms. The van der Waals surface area contributed by atoms with Crippen molar-refractivity contribution in [3.63, 3.8) is 0 Å². The topological polar surface area (TPSA) is 8.81 Å². The summed E-state index contributed by atoms with van der Waals surface area (Å²) in [5.41, 5.74) is 14.4. The fourth-order valence-electron chi connectivity index (χ4n) is 8.05. The van der Waals surface area contributed by atoms with Gasteiger partial charge in [-0.1, -0.05) is 86.7 Å². The highest BCUT2D eigenvalue weighted by Crippen LogP contribution is 2.46. The van der Waals surface area contributed by atoms with Crippen LogP contribution in [-0.4, -0.2) is 4.57 Å². The van der Waals surface area contributed by atoms with Gasteiger partial charge in [-0.05, 0) is 109 Å². The number of aryl methyl sites for hydroxylation is 1. The normalized spacial score (nSPS) is 17.7. The lowest BCUT2D eigenvalue weighted by Crippen LogP contribution is -2.29. The van der Waals surface area contributed by atoms with Crippen LogP contribution in [0.5, 0.6) is 0 Å². The van der Waals surface area contributed by atoms with Crippen LogP contribution in [0, 0.1) is 0 Å². The highest BCUT2D eigenvalue weighted by atomic mass is 15.1. The summed E-state index contributed by atoms with van der Waals surface area (Å²) in [7, 11) is 2.22. The number of allylic oxidation sites excluding steroid dienone is 4. The molecule has 0 aliphatic heterocycles. The summed E-state index contributed by atoms with van der Waals surface area (Å²) in [6, 6.07) is 23.4. The first kappa shape index (κ1) is 27.2. The van der Waals surface area contributed by atoms with Gasteiger partial charge in [0.05, 0.1) is 12.6 Å². The number of imidazole rings is 1. The first-order valence-corrected chi connectivity index (χ1v) is 16.4. The van der Waals surface area contributed by atoms with E-state index in [1.165, 1.54) is 102 Å². The lowest BCUT2D eigenvalue weighted by molar-refractivity contribution is -0.659. The number of aromatic nitrogens is 2. The molecule has 0 bridgehead atoms. The van der Waals surface area contributed by atoms with Crippen LogP contribution in [0.1, 0.15) is 106 Å². The molecule has 7 rings (SSSR count). The van der Waals surface area contributed by atoms with Crippen LogP contribution in [0.4, 0.5) is 0 Å². The maximum absolute atomic E-state index is 2.57. The molecule has 0 radical (unpaired) electrons.